The maximum absolute atomic E-state index is 13.5. The normalized spacial score (nSPS) is 19.6. The average molecular weight is 446 g/mol. The highest BCUT2D eigenvalue weighted by atomic mass is 16.5. The fraction of sp³-hybridized carbons (Fsp3) is 0.545. The van der Waals surface area contributed by atoms with E-state index in [0.717, 1.165) is 5.56 Å². The second-order valence-electron chi connectivity index (χ2n) is 9.06. The fourth-order valence-corrected chi connectivity index (χ4v) is 3.91. The molecule has 2 amide bonds. The van der Waals surface area contributed by atoms with Gasteiger partial charge in [-0.05, 0) is 23.1 Å². The number of amides is 2. The summed E-state index contributed by atoms with van der Waals surface area (Å²) in [5.74, 6) is -0.00923. The van der Waals surface area contributed by atoms with Crippen LogP contribution < -0.4 is 10.1 Å². The molecule has 1 aliphatic rings. The number of aliphatic hydroxyl groups excluding tert-OH is 2. The lowest BCUT2D eigenvalue weighted by molar-refractivity contribution is -0.144. The Balaban J connectivity index is 1.79. The Morgan fingerprint density at radius 2 is 2.09 bits per heavy atom. The summed E-state index contributed by atoms with van der Waals surface area (Å²) in [5, 5.41) is 30.2. The van der Waals surface area contributed by atoms with E-state index in [9.17, 15) is 19.8 Å². The molecule has 0 aliphatic carbocycles. The Hall–Kier alpha value is -2.98. The van der Waals surface area contributed by atoms with E-state index in [0.29, 0.717) is 11.4 Å². The molecule has 0 radical (unpaired) electrons. The number of ether oxygens (including phenoxy) is 1. The van der Waals surface area contributed by atoms with Crippen LogP contribution in [0.4, 0.5) is 0 Å². The minimum Gasteiger partial charge on any atom is -0.487 e. The van der Waals surface area contributed by atoms with Crippen molar-refractivity contribution in [3.05, 3.63) is 41.7 Å². The van der Waals surface area contributed by atoms with E-state index in [1.165, 1.54) is 16.6 Å². The van der Waals surface area contributed by atoms with Crippen molar-refractivity contribution in [1.29, 1.82) is 0 Å². The highest BCUT2D eigenvalue weighted by Crippen LogP contribution is 2.34. The van der Waals surface area contributed by atoms with Gasteiger partial charge in [-0.2, -0.15) is 0 Å². The number of aromatic nitrogens is 3. The zero-order valence-electron chi connectivity index (χ0n) is 18.9. The molecule has 1 fully saturated rings. The van der Waals surface area contributed by atoms with Gasteiger partial charge in [-0.1, -0.05) is 38.1 Å². The van der Waals surface area contributed by atoms with Gasteiger partial charge < -0.3 is 25.2 Å². The molecule has 1 saturated heterocycles. The Morgan fingerprint density at radius 1 is 1.34 bits per heavy atom. The molecule has 2 unspecified atom stereocenters. The van der Waals surface area contributed by atoms with E-state index >= 15 is 0 Å². The number of hydrogen-bond donors (Lipinski definition) is 3. The van der Waals surface area contributed by atoms with Gasteiger partial charge in [0, 0.05) is 20.0 Å². The third-order valence-corrected chi connectivity index (χ3v) is 5.46. The molecule has 1 aromatic heterocycles. The highest BCUT2D eigenvalue weighted by Gasteiger charge is 2.44. The first-order valence-electron chi connectivity index (χ1n) is 10.6. The van der Waals surface area contributed by atoms with E-state index < -0.39 is 23.6 Å². The lowest BCUT2D eigenvalue weighted by Crippen LogP contribution is -2.49. The molecule has 0 saturated carbocycles. The number of nitrogens with zero attached hydrogens (tertiary/aromatic N) is 4. The van der Waals surface area contributed by atoms with E-state index in [1.54, 1.807) is 30.5 Å². The molecular weight excluding hydrogens is 414 g/mol. The summed E-state index contributed by atoms with van der Waals surface area (Å²) in [7, 11) is 1.51. The average Bonchev–Trinajstić information content (AvgIpc) is 3.37. The lowest BCUT2D eigenvalue weighted by Gasteiger charge is -2.34. The molecule has 32 heavy (non-hydrogen) atoms. The quantitative estimate of drug-likeness (QED) is 0.570. The molecule has 0 bridgehead atoms. The maximum atomic E-state index is 13.5. The van der Waals surface area contributed by atoms with Gasteiger partial charge in [0.2, 0.25) is 11.8 Å². The van der Waals surface area contributed by atoms with Gasteiger partial charge in [0.15, 0.2) is 0 Å². The molecule has 3 atom stereocenters. The van der Waals surface area contributed by atoms with Crippen LogP contribution in [-0.2, 0) is 22.8 Å². The first kappa shape index (κ1) is 23.7. The monoisotopic (exact) mass is 445 g/mol. The molecule has 10 heteroatoms. The van der Waals surface area contributed by atoms with Crippen LogP contribution >= 0.6 is 0 Å². The van der Waals surface area contributed by atoms with Crippen LogP contribution in [0.25, 0.3) is 0 Å². The van der Waals surface area contributed by atoms with Gasteiger partial charge in [-0.25, -0.2) is 4.68 Å². The third kappa shape index (κ3) is 5.25. The molecule has 1 aromatic carbocycles. The first-order valence-corrected chi connectivity index (χ1v) is 10.6. The molecule has 3 N–H and O–H groups in total. The lowest BCUT2D eigenvalue weighted by atomic mass is 9.85. The van der Waals surface area contributed by atoms with Crippen molar-refractivity contribution in [2.24, 2.45) is 5.41 Å². The topological polar surface area (TPSA) is 130 Å². The Labute approximate surface area is 187 Å². The van der Waals surface area contributed by atoms with E-state index in [-0.39, 0.29) is 38.0 Å². The van der Waals surface area contributed by atoms with Gasteiger partial charge in [0.25, 0.3) is 0 Å². The van der Waals surface area contributed by atoms with Crippen LogP contribution in [0.3, 0.4) is 0 Å². The highest BCUT2D eigenvalue weighted by molar-refractivity contribution is 5.90. The van der Waals surface area contributed by atoms with Gasteiger partial charge in [0.1, 0.15) is 30.1 Å². The van der Waals surface area contributed by atoms with Crippen molar-refractivity contribution in [3.8, 4) is 5.75 Å². The van der Waals surface area contributed by atoms with Crippen LogP contribution in [0.15, 0.2) is 30.5 Å². The van der Waals surface area contributed by atoms with E-state index in [4.69, 9.17) is 4.74 Å². The summed E-state index contributed by atoms with van der Waals surface area (Å²) in [4.78, 5) is 27.2. The zero-order chi connectivity index (χ0) is 23.5. The van der Waals surface area contributed by atoms with Crippen molar-refractivity contribution >= 4 is 11.8 Å². The van der Waals surface area contributed by atoms with E-state index in [2.05, 4.69) is 15.6 Å². The largest absolute Gasteiger partial charge is 0.487 e. The Kier molecular flexibility index (Phi) is 7.15. The molecule has 1 aliphatic heterocycles. The van der Waals surface area contributed by atoms with E-state index in [1.807, 2.05) is 20.8 Å². The number of rotatable bonds is 7. The standard InChI is InChI=1S/C22H31N5O5/c1-22(2,3)19(21(31)26-11-16(29)9-18(26)20(30)23-4)27-10-15(24-25-27)13-32-17-7-5-6-14(8-17)12-28/h5-8,10,16,18-19,28-29H,9,11-13H2,1-4H3,(H,23,30)/t16?,18-,19?/m1/s1. The second kappa shape index (κ2) is 9.66. The van der Waals surface area contributed by atoms with Crippen LogP contribution in [0, 0.1) is 5.41 Å². The number of aliphatic hydroxyl groups is 2. The minimum absolute atomic E-state index is 0.0784. The molecular formula is C22H31N5O5. The number of β-amino-alcohol motifs (C(OH)–C–C–N with tert-alkyl or cyclic N) is 1. The smallest absolute Gasteiger partial charge is 0.248 e. The first-order chi connectivity index (χ1) is 15.1. The predicted octanol–water partition coefficient (Wildman–Crippen LogP) is 0.644. The number of carbonyl (C=O) groups is 2. The molecule has 3 rings (SSSR count). The van der Waals surface area contributed by atoms with Crippen LogP contribution in [0.1, 0.15) is 44.5 Å². The summed E-state index contributed by atoms with van der Waals surface area (Å²) in [6, 6.07) is 5.66. The van der Waals surface area contributed by atoms with Gasteiger partial charge in [-0.15, -0.1) is 5.10 Å². The summed E-state index contributed by atoms with van der Waals surface area (Å²) in [5.41, 5.74) is 0.743. The zero-order valence-corrected chi connectivity index (χ0v) is 18.9. The van der Waals surface area contributed by atoms with Crippen molar-refractivity contribution in [2.45, 2.75) is 58.6 Å². The van der Waals surface area contributed by atoms with Gasteiger partial charge in [-0.3, -0.25) is 9.59 Å². The third-order valence-electron chi connectivity index (χ3n) is 5.46. The van der Waals surface area contributed by atoms with Crippen LogP contribution in [-0.4, -0.2) is 67.7 Å². The van der Waals surface area contributed by atoms with Gasteiger partial charge in [0.05, 0.1) is 18.9 Å². The minimum atomic E-state index is -0.753. The number of benzene rings is 1. The number of likely N-dealkylation sites (tertiary alicyclic amines) is 1. The van der Waals surface area contributed by atoms with Crippen molar-refractivity contribution < 1.29 is 24.5 Å². The Bertz CT molecular complexity index is 954. The Morgan fingerprint density at radius 3 is 2.75 bits per heavy atom. The van der Waals surface area contributed by atoms with Crippen molar-refractivity contribution in [1.82, 2.24) is 25.2 Å². The number of likely N-dealkylation sites (N-methyl/N-ethyl adjacent to an activating group) is 1. The summed E-state index contributed by atoms with van der Waals surface area (Å²) >= 11 is 0. The second-order valence-corrected chi connectivity index (χ2v) is 9.06. The summed E-state index contributed by atoms with van der Waals surface area (Å²) in [6.07, 6.45) is 1.10. The number of nitrogens with one attached hydrogen (secondary N) is 1. The SMILES string of the molecule is CNC(=O)[C@H]1CC(O)CN1C(=O)C(n1cc(COc2cccc(CO)c2)nn1)C(C)(C)C. The van der Waals surface area contributed by atoms with Crippen LogP contribution in [0.2, 0.25) is 0 Å². The molecule has 174 valence electrons. The van der Waals surface area contributed by atoms with Crippen molar-refractivity contribution in [2.75, 3.05) is 13.6 Å². The predicted molar refractivity (Wildman–Crippen MR) is 115 cm³/mol. The van der Waals surface area contributed by atoms with Crippen molar-refractivity contribution in [3.63, 3.8) is 0 Å². The molecule has 2 heterocycles. The molecule has 10 nitrogen and oxygen atoms in total. The van der Waals surface area contributed by atoms with Gasteiger partial charge >= 0.3 is 0 Å². The number of carbonyl (C=O) groups excluding carboxylic acids is 2. The fourth-order valence-electron chi connectivity index (χ4n) is 3.91. The number of hydrogen-bond acceptors (Lipinski definition) is 7. The molecule has 2 aromatic rings. The maximum Gasteiger partial charge on any atom is 0.248 e. The molecule has 0 spiro atoms. The summed E-state index contributed by atoms with van der Waals surface area (Å²) < 4.78 is 7.24. The van der Waals surface area contributed by atoms with Crippen LogP contribution in [0.5, 0.6) is 5.75 Å². The summed E-state index contributed by atoms with van der Waals surface area (Å²) in [6.45, 7) is 5.89.